The molecule has 0 radical (unpaired) electrons. The second kappa shape index (κ2) is 3.59. The zero-order valence-electron chi connectivity index (χ0n) is 7.89. The summed E-state index contributed by atoms with van der Waals surface area (Å²) in [5.41, 5.74) is -1.17. The largest absolute Gasteiger partial charge is 0.378 e. The molecular formula is C10H11BrF2O. The minimum atomic E-state index is -3.34. The number of halogens is 3. The highest BCUT2D eigenvalue weighted by atomic mass is 79.9. The fourth-order valence-electron chi connectivity index (χ4n) is 1.11. The summed E-state index contributed by atoms with van der Waals surface area (Å²) < 4.78 is 26.0. The van der Waals surface area contributed by atoms with Crippen molar-refractivity contribution in [1.82, 2.24) is 0 Å². The summed E-state index contributed by atoms with van der Waals surface area (Å²) in [7, 11) is 0. The minimum absolute atomic E-state index is 0.194. The van der Waals surface area contributed by atoms with Gasteiger partial charge >= 0.3 is 4.83 Å². The highest BCUT2D eigenvalue weighted by Gasteiger charge is 2.47. The summed E-state index contributed by atoms with van der Waals surface area (Å²) in [6.45, 7) is 2.86. The topological polar surface area (TPSA) is 20.2 Å². The molecular weight excluding hydrogens is 254 g/mol. The normalized spacial score (nSPS) is 16.4. The molecule has 78 valence electrons. The average molecular weight is 265 g/mol. The van der Waals surface area contributed by atoms with Crippen LogP contribution in [0.3, 0.4) is 0 Å². The maximum atomic E-state index is 13.0. The second-order valence-corrected chi connectivity index (χ2v) is 4.44. The van der Waals surface area contributed by atoms with E-state index in [0.29, 0.717) is 0 Å². The molecule has 0 fully saturated rings. The zero-order valence-corrected chi connectivity index (χ0v) is 9.48. The van der Waals surface area contributed by atoms with Gasteiger partial charge in [-0.2, -0.15) is 8.78 Å². The Morgan fingerprint density at radius 2 is 1.93 bits per heavy atom. The highest BCUT2D eigenvalue weighted by Crippen LogP contribution is 2.41. The van der Waals surface area contributed by atoms with E-state index >= 15 is 0 Å². The quantitative estimate of drug-likeness (QED) is 0.814. The first-order valence-corrected chi connectivity index (χ1v) is 4.90. The number of rotatable bonds is 2. The van der Waals surface area contributed by atoms with Crippen LogP contribution in [-0.2, 0) is 5.60 Å². The Balaban J connectivity index is 3.16. The number of hydrogen-bond acceptors (Lipinski definition) is 1. The summed E-state index contributed by atoms with van der Waals surface area (Å²) in [5.74, 6) is 0. The van der Waals surface area contributed by atoms with Crippen molar-refractivity contribution in [2.75, 3.05) is 0 Å². The van der Waals surface area contributed by atoms with E-state index in [9.17, 15) is 13.9 Å². The van der Waals surface area contributed by atoms with Gasteiger partial charge in [-0.05, 0) is 35.3 Å². The number of aryl methyl sites for hydroxylation is 1. The van der Waals surface area contributed by atoms with E-state index in [1.165, 1.54) is 12.1 Å². The lowest BCUT2D eigenvalue weighted by molar-refractivity contribution is -0.109. The Kier molecular flexibility index (Phi) is 2.97. The first kappa shape index (κ1) is 11.6. The second-order valence-electron chi connectivity index (χ2n) is 3.44. The molecule has 1 N–H and O–H groups in total. The van der Waals surface area contributed by atoms with E-state index in [0.717, 1.165) is 12.5 Å². The van der Waals surface area contributed by atoms with Gasteiger partial charge in [-0.3, -0.25) is 0 Å². The molecule has 0 aliphatic rings. The van der Waals surface area contributed by atoms with Crippen molar-refractivity contribution in [2.45, 2.75) is 24.3 Å². The number of benzene rings is 1. The van der Waals surface area contributed by atoms with Crippen LogP contribution in [0.5, 0.6) is 0 Å². The summed E-state index contributed by atoms with van der Waals surface area (Å²) >= 11 is 2.18. The van der Waals surface area contributed by atoms with Crippen molar-refractivity contribution in [2.24, 2.45) is 0 Å². The van der Waals surface area contributed by atoms with Gasteiger partial charge in [0.2, 0.25) is 0 Å². The molecule has 1 rings (SSSR count). The summed E-state index contributed by atoms with van der Waals surface area (Å²) in [6, 6.07) is 6.43. The molecule has 0 amide bonds. The van der Waals surface area contributed by atoms with Crippen LogP contribution in [0.25, 0.3) is 0 Å². The molecule has 0 aromatic heterocycles. The van der Waals surface area contributed by atoms with Gasteiger partial charge in [0.25, 0.3) is 0 Å². The van der Waals surface area contributed by atoms with Crippen LogP contribution < -0.4 is 0 Å². The fraction of sp³-hybridized carbons (Fsp3) is 0.400. The molecule has 0 heterocycles. The summed E-state index contributed by atoms with van der Waals surface area (Å²) in [6.07, 6.45) is 0. The molecule has 0 bridgehead atoms. The molecule has 1 aromatic carbocycles. The lowest BCUT2D eigenvalue weighted by atomic mass is 9.95. The minimum Gasteiger partial charge on any atom is -0.378 e. The van der Waals surface area contributed by atoms with Gasteiger partial charge in [0.05, 0.1) is 0 Å². The van der Waals surface area contributed by atoms with Crippen molar-refractivity contribution >= 4 is 15.9 Å². The molecule has 0 aliphatic heterocycles. The summed E-state index contributed by atoms with van der Waals surface area (Å²) in [5, 5.41) is 9.65. The van der Waals surface area contributed by atoms with Crippen molar-refractivity contribution in [3.05, 3.63) is 35.4 Å². The van der Waals surface area contributed by atoms with Gasteiger partial charge in [-0.1, -0.05) is 29.8 Å². The van der Waals surface area contributed by atoms with Gasteiger partial charge in [0, 0.05) is 0 Å². The van der Waals surface area contributed by atoms with Gasteiger partial charge in [-0.25, -0.2) is 0 Å². The smallest absolute Gasteiger partial charge is 0.333 e. The molecule has 0 spiro atoms. The third-order valence-electron chi connectivity index (χ3n) is 2.13. The van der Waals surface area contributed by atoms with E-state index in [2.05, 4.69) is 15.9 Å². The van der Waals surface area contributed by atoms with Crippen LogP contribution in [0.4, 0.5) is 8.78 Å². The average Bonchev–Trinajstić information content (AvgIpc) is 2.02. The Bertz CT molecular complexity index is 331. The van der Waals surface area contributed by atoms with Crippen molar-refractivity contribution in [3.8, 4) is 0 Å². The van der Waals surface area contributed by atoms with E-state index in [-0.39, 0.29) is 5.56 Å². The van der Waals surface area contributed by atoms with Crippen LogP contribution >= 0.6 is 15.9 Å². The number of hydrogen-bond donors (Lipinski definition) is 1. The molecule has 0 saturated heterocycles. The molecule has 0 saturated carbocycles. The van der Waals surface area contributed by atoms with Crippen molar-refractivity contribution in [1.29, 1.82) is 0 Å². The van der Waals surface area contributed by atoms with Gasteiger partial charge in [0.1, 0.15) is 0 Å². The predicted octanol–water partition coefficient (Wildman–Crippen LogP) is 3.19. The van der Waals surface area contributed by atoms with E-state index < -0.39 is 10.4 Å². The van der Waals surface area contributed by atoms with Crippen LogP contribution in [0, 0.1) is 6.92 Å². The molecule has 14 heavy (non-hydrogen) atoms. The van der Waals surface area contributed by atoms with Crippen LogP contribution in [0.2, 0.25) is 0 Å². The van der Waals surface area contributed by atoms with E-state index in [4.69, 9.17) is 0 Å². The fourth-order valence-corrected chi connectivity index (χ4v) is 1.34. The Hall–Kier alpha value is -0.480. The standard InChI is InChI=1S/C10H11BrF2O/c1-7-4-3-5-8(6-7)9(2,14)10(11,12)13/h3-6,14H,1-2H3. The first-order chi connectivity index (χ1) is 6.25. The zero-order chi connectivity index (χ0) is 11.0. The monoisotopic (exact) mass is 264 g/mol. The Morgan fingerprint density at radius 3 is 2.36 bits per heavy atom. The van der Waals surface area contributed by atoms with Gasteiger partial charge in [-0.15, -0.1) is 0 Å². The van der Waals surface area contributed by atoms with Crippen LogP contribution in [0.15, 0.2) is 24.3 Å². The van der Waals surface area contributed by atoms with Gasteiger partial charge < -0.3 is 5.11 Å². The SMILES string of the molecule is Cc1cccc(C(C)(O)C(F)(F)Br)c1. The number of aliphatic hydroxyl groups is 1. The lowest BCUT2D eigenvalue weighted by Gasteiger charge is -2.28. The lowest BCUT2D eigenvalue weighted by Crippen LogP contribution is -2.37. The maximum absolute atomic E-state index is 13.0. The van der Waals surface area contributed by atoms with E-state index in [1.807, 2.05) is 0 Å². The molecule has 1 atom stereocenters. The molecule has 4 heteroatoms. The molecule has 1 unspecified atom stereocenters. The molecule has 1 nitrogen and oxygen atoms in total. The third-order valence-corrected chi connectivity index (χ3v) is 2.90. The summed E-state index contributed by atoms with van der Waals surface area (Å²) in [4.78, 5) is -3.34. The Labute approximate surface area is 89.9 Å². The first-order valence-electron chi connectivity index (χ1n) is 4.11. The predicted molar refractivity (Wildman–Crippen MR) is 54.6 cm³/mol. The van der Waals surface area contributed by atoms with Crippen LogP contribution in [0.1, 0.15) is 18.1 Å². The maximum Gasteiger partial charge on any atom is 0.333 e. The molecule has 1 aromatic rings. The Morgan fingerprint density at radius 1 is 1.36 bits per heavy atom. The van der Waals surface area contributed by atoms with Gasteiger partial charge in [0.15, 0.2) is 5.60 Å². The third kappa shape index (κ3) is 2.12. The van der Waals surface area contributed by atoms with Crippen molar-refractivity contribution in [3.63, 3.8) is 0 Å². The molecule has 0 aliphatic carbocycles. The number of alkyl halides is 3. The van der Waals surface area contributed by atoms with Crippen molar-refractivity contribution < 1.29 is 13.9 Å². The van der Waals surface area contributed by atoms with Crippen LogP contribution in [-0.4, -0.2) is 9.94 Å². The highest BCUT2D eigenvalue weighted by molar-refractivity contribution is 9.10. The van der Waals surface area contributed by atoms with E-state index in [1.54, 1.807) is 19.1 Å².